The summed E-state index contributed by atoms with van der Waals surface area (Å²) in [7, 11) is 0. The summed E-state index contributed by atoms with van der Waals surface area (Å²) >= 11 is 0. The maximum Gasteiger partial charge on any atom is 0.0638 e. The first-order valence-corrected chi connectivity index (χ1v) is 6.67. The molecule has 2 rings (SSSR count). The molecule has 0 spiro atoms. The highest BCUT2D eigenvalue weighted by molar-refractivity contribution is 6.07. The van der Waals surface area contributed by atoms with Gasteiger partial charge in [-0.15, -0.1) is 0 Å². The highest BCUT2D eigenvalue weighted by Crippen LogP contribution is 2.19. The van der Waals surface area contributed by atoms with E-state index in [4.69, 9.17) is 0 Å². The molecule has 0 amide bonds. The number of hydrogen-bond donors (Lipinski definition) is 1. The number of hydrogen-bond acceptors (Lipinski definition) is 2. The van der Waals surface area contributed by atoms with Crippen LogP contribution in [0.2, 0.25) is 0 Å². The SMILES string of the molecule is C=C/C=C(\C=C)Nc1ccc(N=C2C=CC(=C)C=C2)cc1. The molecule has 0 aliphatic heterocycles. The van der Waals surface area contributed by atoms with Crippen molar-refractivity contribution in [2.45, 2.75) is 0 Å². The number of benzene rings is 1. The van der Waals surface area contributed by atoms with Crippen molar-refractivity contribution < 1.29 is 0 Å². The Balaban J connectivity index is 2.11. The molecule has 0 fully saturated rings. The molecule has 1 aromatic carbocycles. The first-order valence-electron chi connectivity index (χ1n) is 6.67. The molecule has 1 aliphatic carbocycles. The van der Waals surface area contributed by atoms with Gasteiger partial charge in [0.25, 0.3) is 0 Å². The van der Waals surface area contributed by atoms with Crippen LogP contribution >= 0.6 is 0 Å². The van der Waals surface area contributed by atoms with Crippen LogP contribution in [0.4, 0.5) is 11.4 Å². The van der Waals surface area contributed by atoms with Gasteiger partial charge in [-0.2, -0.15) is 0 Å². The Morgan fingerprint density at radius 3 is 2.24 bits per heavy atom. The lowest BCUT2D eigenvalue weighted by Gasteiger charge is -2.07. The lowest BCUT2D eigenvalue weighted by Crippen LogP contribution is -1.95. The van der Waals surface area contributed by atoms with Crippen molar-refractivity contribution in [1.29, 1.82) is 0 Å². The molecule has 0 unspecified atom stereocenters. The van der Waals surface area contributed by atoms with Crippen molar-refractivity contribution in [3.05, 3.63) is 97.8 Å². The van der Waals surface area contributed by atoms with Gasteiger partial charge in [0.15, 0.2) is 0 Å². The maximum absolute atomic E-state index is 4.55. The van der Waals surface area contributed by atoms with Gasteiger partial charge in [0.2, 0.25) is 0 Å². The summed E-state index contributed by atoms with van der Waals surface area (Å²) < 4.78 is 0. The number of aliphatic imine (C=N–C) groups is 1. The van der Waals surface area contributed by atoms with Crippen molar-refractivity contribution in [3.63, 3.8) is 0 Å². The fraction of sp³-hybridized carbons (Fsp3) is 0. The molecular formula is C19H18N2. The van der Waals surface area contributed by atoms with Crippen LogP contribution < -0.4 is 5.32 Å². The first-order chi connectivity index (χ1) is 10.2. The van der Waals surface area contributed by atoms with E-state index in [1.165, 1.54) is 0 Å². The predicted octanol–water partition coefficient (Wildman–Crippen LogP) is 5.11. The minimum atomic E-state index is 0.903. The van der Waals surface area contributed by atoms with Crippen LogP contribution in [-0.2, 0) is 0 Å². The van der Waals surface area contributed by atoms with Gasteiger partial charge < -0.3 is 5.32 Å². The normalized spacial score (nSPS) is 14.0. The van der Waals surface area contributed by atoms with Gasteiger partial charge in [-0.3, -0.25) is 0 Å². The quantitative estimate of drug-likeness (QED) is 0.741. The summed E-state index contributed by atoms with van der Waals surface area (Å²) in [5, 5.41) is 3.25. The van der Waals surface area contributed by atoms with Crippen LogP contribution in [0.3, 0.4) is 0 Å². The van der Waals surface area contributed by atoms with Gasteiger partial charge in [-0.05, 0) is 54.1 Å². The Bertz CT molecular complexity index is 650. The molecule has 0 saturated carbocycles. The van der Waals surface area contributed by atoms with Crippen LogP contribution in [0.5, 0.6) is 0 Å². The molecule has 0 aromatic heterocycles. The topological polar surface area (TPSA) is 24.4 Å². The molecule has 0 radical (unpaired) electrons. The van der Waals surface area contributed by atoms with E-state index in [0.29, 0.717) is 0 Å². The predicted molar refractivity (Wildman–Crippen MR) is 93.1 cm³/mol. The fourth-order valence-electron chi connectivity index (χ4n) is 1.79. The largest absolute Gasteiger partial charge is 0.356 e. The number of anilines is 1. The van der Waals surface area contributed by atoms with E-state index in [-0.39, 0.29) is 0 Å². The first kappa shape index (κ1) is 14.5. The minimum Gasteiger partial charge on any atom is -0.356 e. The zero-order chi connectivity index (χ0) is 15.1. The number of rotatable bonds is 5. The summed E-state index contributed by atoms with van der Waals surface area (Å²) in [5.41, 5.74) is 4.70. The second-order valence-electron chi connectivity index (χ2n) is 4.51. The molecular weight excluding hydrogens is 256 g/mol. The third-order valence-corrected chi connectivity index (χ3v) is 2.87. The molecule has 21 heavy (non-hydrogen) atoms. The van der Waals surface area contributed by atoms with Crippen LogP contribution in [-0.4, -0.2) is 5.71 Å². The lowest BCUT2D eigenvalue weighted by atomic mass is 10.1. The van der Waals surface area contributed by atoms with Crippen LogP contribution in [0.1, 0.15) is 0 Å². The summed E-state index contributed by atoms with van der Waals surface area (Å²) in [6.07, 6.45) is 13.1. The molecule has 1 aromatic rings. The zero-order valence-electron chi connectivity index (χ0n) is 11.9. The molecule has 0 saturated heterocycles. The van der Waals surface area contributed by atoms with Crippen molar-refractivity contribution in [2.24, 2.45) is 4.99 Å². The van der Waals surface area contributed by atoms with Crippen LogP contribution in [0, 0.1) is 0 Å². The van der Waals surface area contributed by atoms with Crippen molar-refractivity contribution in [1.82, 2.24) is 0 Å². The van der Waals surface area contributed by atoms with Gasteiger partial charge in [-0.25, -0.2) is 4.99 Å². The van der Waals surface area contributed by atoms with E-state index < -0.39 is 0 Å². The monoisotopic (exact) mass is 274 g/mol. The molecule has 0 atom stereocenters. The minimum absolute atomic E-state index is 0.903. The van der Waals surface area contributed by atoms with E-state index in [0.717, 1.165) is 28.4 Å². The standard InChI is InChI=1S/C19H18N2/c1-4-6-16(5-2)20-18-11-13-19(14-12-18)21-17-9-7-15(3)8-10-17/h4-14,20H,1-3H2/b16-6+. The van der Waals surface area contributed by atoms with E-state index in [2.05, 4.69) is 30.0 Å². The van der Waals surface area contributed by atoms with Gasteiger partial charge in [0.05, 0.1) is 11.4 Å². The van der Waals surface area contributed by atoms with E-state index >= 15 is 0 Å². The van der Waals surface area contributed by atoms with Gasteiger partial charge in [0, 0.05) is 11.4 Å². The number of nitrogens with one attached hydrogen (secondary N) is 1. The highest BCUT2D eigenvalue weighted by atomic mass is 14.9. The Morgan fingerprint density at radius 1 is 1.00 bits per heavy atom. The molecule has 2 nitrogen and oxygen atoms in total. The lowest BCUT2D eigenvalue weighted by molar-refractivity contribution is 1.45. The second-order valence-corrected chi connectivity index (χ2v) is 4.51. The molecule has 104 valence electrons. The number of allylic oxidation sites excluding steroid dienone is 8. The maximum atomic E-state index is 4.55. The summed E-state index contributed by atoms with van der Waals surface area (Å²) in [6.45, 7) is 11.3. The molecule has 1 N–H and O–H groups in total. The second kappa shape index (κ2) is 7.06. The summed E-state index contributed by atoms with van der Waals surface area (Å²) in [5.74, 6) is 0. The van der Waals surface area contributed by atoms with Crippen LogP contribution in [0.15, 0.2) is 103 Å². The molecule has 0 heterocycles. The smallest absolute Gasteiger partial charge is 0.0638 e. The van der Waals surface area contributed by atoms with Crippen molar-refractivity contribution in [3.8, 4) is 0 Å². The van der Waals surface area contributed by atoms with Gasteiger partial charge in [-0.1, -0.05) is 38.0 Å². The summed E-state index contributed by atoms with van der Waals surface area (Å²) in [6, 6.07) is 7.90. The van der Waals surface area contributed by atoms with E-state index in [9.17, 15) is 0 Å². The zero-order valence-corrected chi connectivity index (χ0v) is 11.9. The Labute approximate surface area is 125 Å². The number of nitrogens with zero attached hydrogens (tertiary/aromatic N) is 1. The van der Waals surface area contributed by atoms with Crippen molar-refractivity contribution in [2.75, 3.05) is 5.32 Å². The Kier molecular flexibility index (Phi) is 4.89. The van der Waals surface area contributed by atoms with Crippen LogP contribution in [0.25, 0.3) is 0 Å². The van der Waals surface area contributed by atoms with E-state index in [1.54, 1.807) is 12.2 Å². The van der Waals surface area contributed by atoms with Crippen molar-refractivity contribution >= 4 is 17.1 Å². The third-order valence-electron chi connectivity index (χ3n) is 2.87. The molecule has 2 heteroatoms. The summed E-state index contributed by atoms with van der Waals surface area (Å²) in [4.78, 5) is 4.55. The molecule has 1 aliphatic rings. The third kappa shape index (κ3) is 4.32. The van der Waals surface area contributed by atoms with Gasteiger partial charge >= 0.3 is 0 Å². The van der Waals surface area contributed by atoms with E-state index in [1.807, 2.05) is 54.6 Å². The Hall–Kier alpha value is -2.87. The Morgan fingerprint density at radius 2 is 1.67 bits per heavy atom. The fourth-order valence-corrected chi connectivity index (χ4v) is 1.79. The average Bonchev–Trinajstić information content (AvgIpc) is 2.51. The average molecular weight is 274 g/mol. The molecule has 0 bridgehead atoms. The van der Waals surface area contributed by atoms with Gasteiger partial charge in [0.1, 0.15) is 0 Å². The highest BCUT2D eigenvalue weighted by Gasteiger charge is 1.98.